The number of nitrogens with zero attached hydrogens (tertiary/aromatic N) is 2. The van der Waals surface area contributed by atoms with Crippen molar-refractivity contribution in [3.05, 3.63) is 0 Å². The van der Waals surface area contributed by atoms with E-state index < -0.39 is 0 Å². The molecular weight excluding hydrogens is 208 g/mol. The molecule has 0 heterocycles. The molecule has 0 unspecified atom stereocenters. The van der Waals surface area contributed by atoms with Gasteiger partial charge in [0.25, 0.3) is 0 Å². The molecule has 1 fully saturated rings. The largest absolute Gasteiger partial charge is 0.330 e. The van der Waals surface area contributed by atoms with E-state index in [4.69, 9.17) is 0 Å². The minimum Gasteiger partial charge on any atom is -0.324 e. The summed E-state index contributed by atoms with van der Waals surface area (Å²) >= 11 is 4.36. The van der Waals surface area contributed by atoms with E-state index in [1.807, 2.05) is 18.7 Å². The Morgan fingerprint density at radius 2 is 1.73 bits per heavy atom. The van der Waals surface area contributed by atoms with Crippen LogP contribution in [-0.2, 0) is 0 Å². The maximum absolute atomic E-state index is 12.0. The molecule has 0 aliphatic heterocycles. The van der Waals surface area contributed by atoms with Gasteiger partial charge >= 0.3 is 6.03 Å². The third-order valence-electron chi connectivity index (χ3n) is 3.15. The van der Waals surface area contributed by atoms with E-state index in [1.165, 1.54) is 19.3 Å². The molecule has 0 spiro atoms. The Morgan fingerprint density at radius 1 is 1.20 bits per heavy atom. The van der Waals surface area contributed by atoms with E-state index in [1.54, 1.807) is 4.31 Å². The smallest absolute Gasteiger partial charge is 0.324 e. The first-order valence-corrected chi connectivity index (χ1v) is 6.37. The zero-order valence-electron chi connectivity index (χ0n) is 9.78. The number of amides is 2. The summed E-state index contributed by atoms with van der Waals surface area (Å²) < 4.78 is 1.64. The summed E-state index contributed by atoms with van der Waals surface area (Å²) in [5.41, 5.74) is 0. The number of carbonyl (C=O) groups excluding carboxylic acids is 1. The second kappa shape index (κ2) is 6.26. The molecule has 0 atom stereocenters. The highest BCUT2D eigenvalue weighted by atomic mass is 32.1. The topological polar surface area (TPSA) is 23.6 Å². The molecule has 0 aromatic rings. The first-order valence-electron chi connectivity index (χ1n) is 5.97. The SMILES string of the molecule is CCN(CC)C(=O)N(S)C1CCCCC1. The molecule has 0 radical (unpaired) electrons. The number of thiol groups is 1. The lowest BCUT2D eigenvalue weighted by molar-refractivity contribution is 0.168. The van der Waals surface area contributed by atoms with Crippen molar-refractivity contribution in [1.82, 2.24) is 9.21 Å². The van der Waals surface area contributed by atoms with E-state index in [2.05, 4.69) is 12.8 Å². The summed E-state index contributed by atoms with van der Waals surface area (Å²) in [6, 6.07) is 0.408. The van der Waals surface area contributed by atoms with Crippen LogP contribution in [0.4, 0.5) is 4.79 Å². The van der Waals surface area contributed by atoms with Gasteiger partial charge in [0.2, 0.25) is 0 Å². The lowest BCUT2D eigenvalue weighted by atomic mass is 9.96. The van der Waals surface area contributed by atoms with Gasteiger partial charge in [-0.25, -0.2) is 4.79 Å². The highest BCUT2D eigenvalue weighted by molar-refractivity contribution is 7.78. The molecule has 1 rings (SSSR count). The van der Waals surface area contributed by atoms with Gasteiger partial charge in [0.15, 0.2) is 0 Å². The lowest BCUT2D eigenvalue weighted by Gasteiger charge is -2.33. The van der Waals surface area contributed by atoms with Gasteiger partial charge < -0.3 is 4.90 Å². The van der Waals surface area contributed by atoms with Crippen LogP contribution in [0, 0.1) is 0 Å². The van der Waals surface area contributed by atoms with Gasteiger partial charge in [-0.1, -0.05) is 32.1 Å². The van der Waals surface area contributed by atoms with Crippen molar-refractivity contribution in [2.45, 2.75) is 52.0 Å². The molecule has 0 bridgehead atoms. The Kier molecular flexibility index (Phi) is 5.29. The van der Waals surface area contributed by atoms with Crippen molar-refractivity contribution >= 4 is 18.8 Å². The van der Waals surface area contributed by atoms with Gasteiger partial charge in [-0.05, 0) is 26.7 Å². The summed E-state index contributed by atoms with van der Waals surface area (Å²) in [5.74, 6) is 0. The molecule has 88 valence electrons. The Bertz CT molecular complexity index is 201. The second-order valence-electron chi connectivity index (χ2n) is 4.09. The Balaban J connectivity index is 2.49. The molecule has 1 aliphatic carbocycles. The van der Waals surface area contributed by atoms with Crippen LogP contribution >= 0.6 is 12.8 Å². The number of hydrogen-bond donors (Lipinski definition) is 1. The monoisotopic (exact) mass is 230 g/mol. The van der Waals surface area contributed by atoms with E-state index in [-0.39, 0.29) is 6.03 Å². The van der Waals surface area contributed by atoms with Crippen LogP contribution in [0.5, 0.6) is 0 Å². The van der Waals surface area contributed by atoms with E-state index in [0.29, 0.717) is 6.04 Å². The number of rotatable bonds is 3. The zero-order chi connectivity index (χ0) is 11.3. The highest BCUT2D eigenvalue weighted by Crippen LogP contribution is 2.24. The molecule has 3 nitrogen and oxygen atoms in total. The predicted octanol–water partition coefficient (Wildman–Crippen LogP) is 2.93. The van der Waals surface area contributed by atoms with Crippen molar-refractivity contribution in [2.24, 2.45) is 0 Å². The molecular formula is C11H22N2OS. The highest BCUT2D eigenvalue weighted by Gasteiger charge is 2.25. The first-order chi connectivity index (χ1) is 7.20. The van der Waals surface area contributed by atoms with Gasteiger partial charge in [0, 0.05) is 19.1 Å². The van der Waals surface area contributed by atoms with E-state index in [0.717, 1.165) is 25.9 Å². The molecule has 0 aromatic carbocycles. The minimum atomic E-state index is 0.0650. The van der Waals surface area contributed by atoms with Gasteiger partial charge in [0.1, 0.15) is 0 Å². The van der Waals surface area contributed by atoms with Crippen molar-refractivity contribution in [1.29, 1.82) is 0 Å². The van der Waals surface area contributed by atoms with Crippen LogP contribution in [0.3, 0.4) is 0 Å². The molecule has 1 aliphatic rings. The summed E-state index contributed by atoms with van der Waals surface area (Å²) in [6.07, 6.45) is 5.98. The van der Waals surface area contributed by atoms with Gasteiger partial charge in [-0.15, -0.1) is 0 Å². The van der Waals surface area contributed by atoms with Crippen molar-refractivity contribution in [3.8, 4) is 0 Å². The Labute approximate surface area is 98.4 Å². The van der Waals surface area contributed by atoms with Crippen molar-refractivity contribution in [2.75, 3.05) is 13.1 Å². The second-order valence-corrected chi connectivity index (χ2v) is 4.52. The van der Waals surface area contributed by atoms with Crippen LogP contribution in [0.2, 0.25) is 0 Å². The van der Waals surface area contributed by atoms with Crippen LogP contribution in [0.15, 0.2) is 0 Å². The summed E-state index contributed by atoms with van der Waals surface area (Å²) in [5, 5.41) is 0. The molecule has 4 heteroatoms. The quantitative estimate of drug-likeness (QED) is 0.740. The van der Waals surface area contributed by atoms with Crippen molar-refractivity contribution < 1.29 is 4.79 Å². The third kappa shape index (κ3) is 3.30. The van der Waals surface area contributed by atoms with E-state index in [9.17, 15) is 4.79 Å². The Morgan fingerprint density at radius 3 is 2.20 bits per heavy atom. The third-order valence-corrected chi connectivity index (χ3v) is 3.65. The molecule has 0 aromatic heterocycles. The standard InChI is InChI=1S/C11H22N2OS/c1-3-12(4-2)11(14)13(15)10-8-6-5-7-9-10/h10,15H,3-9H2,1-2H3. The van der Waals surface area contributed by atoms with Crippen molar-refractivity contribution in [3.63, 3.8) is 0 Å². The molecule has 2 amide bonds. The number of hydrogen-bond acceptors (Lipinski definition) is 2. The minimum absolute atomic E-state index is 0.0650. The summed E-state index contributed by atoms with van der Waals surface area (Å²) in [7, 11) is 0. The lowest BCUT2D eigenvalue weighted by Crippen LogP contribution is -2.43. The van der Waals surface area contributed by atoms with Crippen LogP contribution in [-0.4, -0.2) is 34.4 Å². The Hall–Kier alpha value is -0.380. The van der Waals surface area contributed by atoms with Crippen LogP contribution in [0.1, 0.15) is 46.0 Å². The fraction of sp³-hybridized carbons (Fsp3) is 0.909. The van der Waals surface area contributed by atoms with Gasteiger partial charge in [0.05, 0.1) is 0 Å². The van der Waals surface area contributed by atoms with Crippen LogP contribution < -0.4 is 0 Å². The van der Waals surface area contributed by atoms with Gasteiger partial charge in [-0.2, -0.15) is 0 Å². The molecule has 0 N–H and O–H groups in total. The summed E-state index contributed by atoms with van der Waals surface area (Å²) in [4.78, 5) is 13.8. The normalized spacial score (nSPS) is 17.5. The van der Waals surface area contributed by atoms with Crippen LogP contribution in [0.25, 0.3) is 0 Å². The molecule has 1 saturated carbocycles. The molecule has 15 heavy (non-hydrogen) atoms. The summed E-state index contributed by atoms with van der Waals surface area (Å²) in [6.45, 7) is 5.53. The van der Waals surface area contributed by atoms with E-state index >= 15 is 0 Å². The zero-order valence-corrected chi connectivity index (χ0v) is 10.7. The number of carbonyl (C=O) groups is 1. The number of urea groups is 1. The fourth-order valence-electron chi connectivity index (χ4n) is 2.12. The molecule has 0 saturated heterocycles. The maximum Gasteiger partial charge on any atom is 0.330 e. The maximum atomic E-state index is 12.0. The average molecular weight is 230 g/mol. The fourth-order valence-corrected chi connectivity index (χ4v) is 2.48. The average Bonchev–Trinajstić information content (AvgIpc) is 2.30. The predicted molar refractivity (Wildman–Crippen MR) is 66.0 cm³/mol. The first kappa shape index (κ1) is 12.7. The van der Waals surface area contributed by atoms with Gasteiger partial charge in [-0.3, -0.25) is 4.31 Å².